The fraction of sp³-hybridized carbons (Fsp3) is 0.316. The SMILES string of the molecule is CCCCN(C)C(=O)c1cnc2c(c(C)nn2-c2ccc(F)cc2)c1Cl. The molecular weight excluding hydrogens is 355 g/mol. The molecule has 0 fully saturated rings. The molecule has 1 aromatic carbocycles. The minimum atomic E-state index is -0.323. The van der Waals surface area contributed by atoms with Gasteiger partial charge in [0.1, 0.15) is 5.82 Å². The first-order chi connectivity index (χ1) is 12.4. The predicted molar refractivity (Wildman–Crippen MR) is 100 cm³/mol. The van der Waals surface area contributed by atoms with Crippen LogP contribution in [0.25, 0.3) is 16.7 Å². The lowest BCUT2D eigenvalue weighted by Gasteiger charge is -2.17. The Morgan fingerprint density at radius 1 is 1.31 bits per heavy atom. The number of unbranched alkanes of at least 4 members (excludes halogenated alkanes) is 1. The zero-order chi connectivity index (χ0) is 18.8. The molecule has 0 saturated heterocycles. The summed E-state index contributed by atoms with van der Waals surface area (Å²) in [7, 11) is 1.76. The van der Waals surface area contributed by atoms with Gasteiger partial charge in [0, 0.05) is 19.8 Å². The molecule has 0 bridgehead atoms. The molecular formula is C19H20ClFN4O. The highest BCUT2D eigenvalue weighted by molar-refractivity contribution is 6.38. The van der Waals surface area contributed by atoms with E-state index in [0.717, 1.165) is 12.8 Å². The van der Waals surface area contributed by atoms with Crippen molar-refractivity contribution < 1.29 is 9.18 Å². The third-order valence-corrected chi connectivity index (χ3v) is 4.70. The maximum Gasteiger partial charge on any atom is 0.256 e. The molecule has 7 heteroatoms. The van der Waals surface area contributed by atoms with Gasteiger partial charge in [0.25, 0.3) is 5.91 Å². The van der Waals surface area contributed by atoms with Gasteiger partial charge in [0.2, 0.25) is 0 Å². The maximum atomic E-state index is 13.2. The molecule has 2 heterocycles. The lowest BCUT2D eigenvalue weighted by molar-refractivity contribution is 0.0793. The Hall–Kier alpha value is -2.47. The van der Waals surface area contributed by atoms with Crippen LogP contribution in [0.15, 0.2) is 30.5 Å². The highest BCUT2D eigenvalue weighted by Crippen LogP contribution is 2.30. The summed E-state index contributed by atoms with van der Waals surface area (Å²) in [6, 6.07) is 5.96. The van der Waals surface area contributed by atoms with E-state index in [-0.39, 0.29) is 11.7 Å². The van der Waals surface area contributed by atoms with Gasteiger partial charge in [-0.3, -0.25) is 4.79 Å². The van der Waals surface area contributed by atoms with Crippen LogP contribution >= 0.6 is 11.6 Å². The molecule has 3 aromatic rings. The Labute approximate surface area is 156 Å². The van der Waals surface area contributed by atoms with Crippen molar-refractivity contribution >= 4 is 28.5 Å². The van der Waals surface area contributed by atoms with Crippen LogP contribution in [0.4, 0.5) is 4.39 Å². The smallest absolute Gasteiger partial charge is 0.256 e. The highest BCUT2D eigenvalue weighted by Gasteiger charge is 2.21. The summed E-state index contributed by atoms with van der Waals surface area (Å²) >= 11 is 6.55. The molecule has 0 saturated carbocycles. The zero-order valence-corrected chi connectivity index (χ0v) is 15.7. The second kappa shape index (κ2) is 7.41. The number of carbonyl (C=O) groups is 1. The van der Waals surface area contributed by atoms with Gasteiger partial charge in [0.05, 0.1) is 27.4 Å². The van der Waals surface area contributed by atoms with Gasteiger partial charge in [-0.15, -0.1) is 0 Å². The van der Waals surface area contributed by atoms with Crippen LogP contribution in [0.5, 0.6) is 0 Å². The van der Waals surface area contributed by atoms with Crippen molar-refractivity contribution in [2.24, 2.45) is 0 Å². The van der Waals surface area contributed by atoms with Crippen molar-refractivity contribution in [3.8, 4) is 5.69 Å². The quantitative estimate of drug-likeness (QED) is 0.665. The van der Waals surface area contributed by atoms with Crippen LogP contribution in [0.1, 0.15) is 35.8 Å². The van der Waals surface area contributed by atoms with E-state index >= 15 is 0 Å². The second-order valence-corrected chi connectivity index (χ2v) is 6.62. The van der Waals surface area contributed by atoms with Gasteiger partial charge in [0.15, 0.2) is 5.65 Å². The predicted octanol–water partition coefficient (Wildman–Crippen LogP) is 4.39. The van der Waals surface area contributed by atoms with Crippen molar-refractivity contribution in [3.05, 3.63) is 52.6 Å². The summed E-state index contributed by atoms with van der Waals surface area (Å²) in [6.07, 6.45) is 3.42. The van der Waals surface area contributed by atoms with Gasteiger partial charge in [-0.1, -0.05) is 24.9 Å². The molecule has 0 aliphatic rings. The Bertz CT molecular complexity index is 952. The fourth-order valence-corrected chi connectivity index (χ4v) is 3.17. The summed E-state index contributed by atoms with van der Waals surface area (Å²) in [5, 5.41) is 5.44. The summed E-state index contributed by atoms with van der Waals surface area (Å²) in [5.74, 6) is -0.484. The Morgan fingerprint density at radius 3 is 2.65 bits per heavy atom. The molecule has 2 aromatic heterocycles. The number of hydrogen-bond donors (Lipinski definition) is 0. The van der Waals surface area contributed by atoms with E-state index in [2.05, 4.69) is 17.0 Å². The fourth-order valence-electron chi connectivity index (χ4n) is 2.82. The molecule has 0 aliphatic carbocycles. The van der Waals surface area contributed by atoms with E-state index in [9.17, 15) is 9.18 Å². The number of pyridine rings is 1. The maximum absolute atomic E-state index is 13.2. The summed E-state index contributed by atoms with van der Waals surface area (Å²) in [5.41, 5.74) is 2.23. The van der Waals surface area contributed by atoms with E-state index in [0.29, 0.717) is 39.5 Å². The molecule has 0 radical (unpaired) electrons. The Balaban J connectivity index is 2.06. The third kappa shape index (κ3) is 3.29. The molecule has 0 spiro atoms. The van der Waals surface area contributed by atoms with Crippen LogP contribution in [-0.2, 0) is 0 Å². The molecule has 0 N–H and O–H groups in total. The minimum Gasteiger partial charge on any atom is -0.342 e. The van der Waals surface area contributed by atoms with Crippen LogP contribution < -0.4 is 0 Å². The lowest BCUT2D eigenvalue weighted by Crippen LogP contribution is -2.28. The van der Waals surface area contributed by atoms with Gasteiger partial charge < -0.3 is 4.90 Å². The average molecular weight is 375 g/mol. The molecule has 5 nitrogen and oxygen atoms in total. The first-order valence-electron chi connectivity index (χ1n) is 8.49. The van der Waals surface area contributed by atoms with E-state index in [1.807, 2.05) is 6.92 Å². The first kappa shape index (κ1) is 18.3. The standard InChI is InChI=1S/C19H20ClFN4O/c1-4-5-10-24(3)19(26)15-11-22-18-16(17(15)20)12(2)23-25(18)14-8-6-13(21)7-9-14/h6-9,11H,4-5,10H2,1-3H3. The highest BCUT2D eigenvalue weighted by atomic mass is 35.5. The van der Waals surface area contributed by atoms with Crippen LogP contribution in [0.2, 0.25) is 5.02 Å². The van der Waals surface area contributed by atoms with Crippen LogP contribution in [-0.4, -0.2) is 39.2 Å². The third-order valence-electron chi connectivity index (χ3n) is 4.30. The number of carbonyl (C=O) groups excluding carboxylic acids is 1. The van der Waals surface area contributed by atoms with Gasteiger partial charge >= 0.3 is 0 Å². The molecule has 136 valence electrons. The molecule has 0 unspecified atom stereocenters. The lowest BCUT2D eigenvalue weighted by atomic mass is 10.1. The number of benzene rings is 1. The molecule has 0 atom stereocenters. The summed E-state index contributed by atoms with van der Waals surface area (Å²) in [6.45, 7) is 4.55. The molecule has 1 amide bonds. The monoisotopic (exact) mass is 374 g/mol. The van der Waals surface area contributed by atoms with Crippen molar-refractivity contribution in [1.82, 2.24) is 19.7 Å². The number of aromatic nitrogens is 3. The van der Waals surface area contributed by atoms with Gasteiger partial charge in [-0.05, 0) is 37.6 Å². The van der Waals surface area contributed by atoms with Gasteiger partial charge in [-0.2, -0.15) is 5.10 Å². The second-order valence-electron chi connectivity index (χ2n) is 6.24. The molecule has 0 aliphatic heterocycles. The van der Waals surface area contributed by atoms with E-state index in [1.54, 1.807) is 28.8 Å². The van der Waals surface area contributed by atoms with Crippen molar-refractivity contribution in [2.45, 2.75) is 26.7 Å². The minimum absolute atomic E-state index is 0.160. The number of hydrogen-bond acceptors (Lipinski definition) is 3. The largest absolute Gasteiger partial charge is 0.342 e. The van der Waals surface area contributed by atoms with Gasteiger partial charge in [-0.25, -0.2) is 14.1 Å². The number of halogens is 2. The van der Waals surface area contributed by atoms with E-state index in [4.69, 9.17) is 11.6 Å². The summed E-state index contributed by atoms with van der Waals surface area (Å²) in [4.78, 5) is 18.7. The summed E-state index contributed by atoms with van der Waals surface area (Å²) < 4.78 is 14.8. The Morgan fingerprint density at radius 2 is 2.00 bits per heavy atom. The van der Waals surface area contributed by atoms with Crippen LogP contribution in [0, 0.1) is 12.7 Å². The number of fused-ring (bicyclic) bond motifs is 1. The topological polar surface area (TPSA) is 51.0 Å². The molecule has 3 rings (SSSR count). The van der Waals surface area contributed by atoms with E-state index in [1.165, 1.54) is 18.3 Å². The Kier molecular flexibility index (Phi) is 5.23. The first-order valence-corrected chi connectivity index (χ1v) is 8.87. The van der Waals surface area contributed by atoms with Crippen molar-refractivity contribution in [1.29, 1.82) is 0 Å². The zero-order valence-electron chi connectivity index (χ0n) is 15.0. The van der Waals surface area contributed by atoms with Crippen molar-refractivity contribution in [2.75, 3.05) is 13.6 Å². The number of nitrogens with zero attached hydrogens (tertiary/aromatic N) is 4. The average Bonchev–Trinajstić information content (AvgIpc) is 2.97. The number of aryl methyl sites for hydroxylation is 1. The van der Waals surface area contributed by atoms with Crippen molar-refractivity contribution in [3.63, 3.8) is 0 Å². The number of rotatable bonds is 5. The normalized spacial score (nSPS) is 11.1. The molecule has 26 heavy (non-hydrogen) atoms. The van der Waals surface area contributed by atoms with Crippen LogP contribution in [0.3, 0.4) is 0 Å². The number of amides is 1. The van der Waals surface area contributed by atoms with E-state index < -0.39 is 0 Å².